The Bertz CT molecular complexity index is 1220. The molecule has 3 aromatic carbocycles. The van der Waals surface area contributed by atoms with Crippen LogP contribution in [0.2, 0.25) is 5.02 Å². The highest BCUT2D eigenvalue weighted by Crippen LogP contribution is 2.45. The number of nitrogens with zero attached hydrogens (tertiary/aromatic N) is 1. The van der Waals surface area contributed by atoms with Crippen molar-refractivity contribution in [1.82, 2.24) is 9.97 Å². The van der Waals surface area contributed by atoms with E-state index in [1.54, 1.807) is 0 Å². The van der Waals surface area contributed by atoms with Crippen LogP contribution in [0.25, 0.3) is 22.2 Å². The first-order chi connectivity index (χ1) is 14.2. The number of imidazole rings is 1. The Morgan fingerprint density at radius 3 is 2.50 bits per heavy atom. The zero-order valence-electron chi connectivity index (χ0n) is 15.7. The number of nitrogens with one attached hydrogen (secondary N) is 1. The van der Waals surface area contributed by atoms with Gasteiger partial charge in [0.05, 0.1) is 10.5 Å². The summed E-state index contributed by atoms with van der Waals surface area (Å²) in [6.07, 6.45) is -4.37. The molecular formula is C22H16ClF3N2O2. The maximum absolute atomic E-state index is 12.8. The number of aromatic nitrogens is 2. The number of hydrogen-bond acceptors (Lipinski definition) is 3. The molecule has 0 amide bonds. The zero-order chi connectivity index (χ0) is 21.5. The van der Waals surface area contributed by atoms with E-state index >= 15 is 0 Å². The van der Waals surface area contributed by atoms with Gasteiger partial charge in [0.2, 0.25) is 0 Å². The molecule has 0 radical (unpaired) electrons. The third-order valence-corrected chi connectivity index (χ3v) is 4.99. The molecule has 0 aliphatic heterocycles. The number of aryl methyl sites for hydroxylation is 1. The summed E-state index contributed by atoms with van der Waals surface area (Å²) in [4.78, 5) is 7.60. The fraction of sp³-hybridized carbons (Fsp3) is 0.136. The van der Waals surface area contributed by atoms with Crippen molar-refractivity contribution < 1.29 is 23.0 Å². The number of phenols is 1. The fourth-order valence-electron chi connectivity index (χ4n) is 3.28. The van der Waals surface area contributed by atoms with Crippen molar-refractivity contribution in [1.29, 1.82) is 0 Å². The van der Waals surface area contributed by atoms with Crippen molar-refractivity contribution in [3.05, 3.63) is 76.6 Å². The zero-order valence-corrected chi connectivity index (χ0v) is 16.5. The molecule has 0 aliphatic rings. The Labute approximate surface area is 174 Å². The average Bonchev–Trinajstić information content (AvgIpc) is 3.06. The highest BCUT2D eigenvalue weighted by molar-refractivity contribution is 6.38. The quantitative estimate of drug-likeness (QED) is 0.393. The first kappa shape index (κ1) is 20.1. The molecule has 0 aliphatic carbocycles. The summed E-state index contributed by atoms with van der Waals surface area (Å²) in [5, 5.41) is 10.6. The number of rotatable bonds is 4. The summed E-state index contributed by atoms with van der Waals surface area (Å²) >= 11 is 6.48. The van der Waals surface area contributed by atoms with Crippen molar-refractivity contribution in [2.75, 3.05) is 0 Å². The van der Waals surface area contributed by atoms with Crippen LogP contribution in [-0.2, 0) is 6.42 Å². The van der Waals surface area contributed by atoms with Crippen molar-refractivity contribution in [3.63, 3.8) is 0 Å². The van der Waals surface area contributed by atoms with E-state index in [1.165, 1.54) is 24.3 Å². The Morgan fingerprint density at radius 1 is 1.10 bits per heavy atom. The molecule has 4 rings (SSSR count). The number of alkyl halides is 3. The molecule has 0 atom stereocenters. The molecule has 0 unspecified atom stereocenters. The average molecular weight is 433 g/mol. The fourth-order valence-corrected chi connectivity index (χ4v) is 3.62. The summed E-state index contributed by atoms with van der Waals surface area (Å²) < 4.78 is 42.5. The van der Waals surface area contributed by atoms with Gasteiger partial charge in [0.1, 0.15) is 22.8 Å². The molecule has 1 aromatic heterocycles. The van der Waals surface area contributed by atoms with E-state index in [0.717, 1.165) is 17.2 Å². The summed E-state index contributed by atoms with van der Waals surface area (Å²) in [6.45, 7) is 2.00. The van der Waals surface area contributed by atoms with Gasteiger partial charge in [-0.15, -0.1) is 13.2 Å². The van der Waals surface area contributed by atoms with Crippen LogP contribution in [0.1, 0.15) is 17.0 Å². The molecule has 30 heavy (non-hydrogen) atoms. The van der Waals surface area contributed by atoms with E-state index in [0.29, 0.717) is 23.3 Å². The minimum atomic E-state index is -4.88. The number of benzene rings is 3. The Morgan fingerprint density at radius 2 is 1.80 bits per heavy atom. The number of aromatic amines is 1. The van der Waals surface area contributed by atoms with Gasteiger partial charge in [0.25, 0.3) is 0 Å². The number of aromatic hydroxyl groups is 1. The molecule has 0 spiro atoms. The molecule has 0 fully saturated rings. The number of para-hydroxylation sites is 1. The second-order valence-electron chi connectivity index (χ2n) is 6.87. The highest BCUT2D eigenvalue weighted by Gasteiger charge is 2.33. The maximum Gasteiger partial charge on any atom is 0.573 e. The van der Waals surface area contributed by atoms with Crippen LogP contribution in [0, 0.1) is 6.92 Å². The number of H-pyrrole nitrogens is 1. The minimum Gasteiger partial charge on any atom is -0.507 e. The van der Waals surface area contributed by atoms with Gasteiger partial charge >= 0.3 is 6.36 Å². The van der Waals surface area contributed by atoms with Crippen molar-refractivity contribution in [2.45, 2.75) is 19.7 Å². The third kappa shape index (κ3) is 4.07. The number of hydrogen-bond donors (Lipinski definition) is 2. The molecule has 0 saturated heterocycles. The molecule has 0 bridgehead atoms. The topological polar surface area (TPSA) is 58.1 Å². The van der Waals surface area contributed by atoms with Crippen LogP contribution < -0.4 is 4.74 Å². The maximum atomic E-state index is 12.8. The van der Waals surface area contributed by atoms with Crippen molar-refractivity contribution in [2.24, 2.45) is 0 Å². The molecule has 8 heteroatoms. The Balaban J connectivity index is 1.78. The van der Waals surface area contributed by atoms with Crippen LogP contribution in [0.4, 0.5) is 13.2 Å². The lowest BCUT2D eigenvalue weighted by atomic mass is 10.0. The summed E-state index contributed by atoms with van der Waals surface area (Å²) in [5.41, 5.74) is 3.05. The SMILES string of the molecule is Cc1ccc(Cc2nc3c(Cl)c(-c4ccccc4OC(F)(F)F)c(O)cc3[nH]2)cc1. The highest BCUT2D eigenvalue weighted by atomic mass is 35.5. The van der Waals surface area contributed by atoms with E-state index in [4.69, 9.17) is 11.6 Å². The predicted octanol–water partition coefficient (Wildman–Crippen LogP) is 6.39. The third-order valence-electron chi connectivity index (χ3n) is 4.62. The van der Waals surface area contributed by atoms with Crippen LogP contribution in [0.15, 0.2) is 54.6 Å². The molecular weight excluding hydrogens is 417 g/mol. The molecule has 154 valence electrons. The molecule has 0 saturated carbocycles. The lowest BCUT2D eigenvalue weighted by Gasteiger charge is -2.15. The molecule has 2 N–H and O–H groups in total. The first-order valence-electron chi connectivity index (χ1n) is 9.02. The van der Waals surface area contributed by atoms with E-state index < -0.39 is 12.1 Å². The second kappa shape index (κ2) is 7.57. The summed E-state index contributed by atoms with van der Waals surface area (Å²) in [7, 11) is 0. The van der Waals surface area contributed by atoms with Crippen molar-refractivity contribution in [3.8, 4) is 22.6 Å². The van der Waals surface area contributed by atoms with Gasteiger partial charge in [-0.05, 0) is 18.6 Å². The smallest absolute Gasteiger partial charge is 0.507 e. The van der Waals surface area contributed by atoms with Gasteiger partial charge in [0.15, 0.2) is 0 Å². The lowest BCUT2D eigenvalue weighted by Crippen LogP contribution is -2.17. The van der Waals surface area contributed by atoms with Gasteiger partial charge in [-0.2, -0.15) is 0 Å². The van der Waals surface area contributed by atoms with Gasteiger partial charge in [-0.3, -0.25) is 0 Å². The number of ether oxygens (including phenoxy) is 1. The second-order valence-corrected chi connectivity index (χ2v) is 7.25. The van der Waals surface area contributed by atoms with E-state index in [9.17, 15) is 18.3 Å². The standard InChI is InChI=1S/C22H16ClF3N2O2/c1-12-6-8-13(9-7-12)10-18-27-15-11-16(29)19(20(23)21(15)28-18)14-4-2-3-5-17(14)30-22(24,25)26/h2-9,11,29H,10H2,1H3,(H,27,28). The van der Waals surface area contributed by atoms with Crippen LogP contribution >= 0.6 is 11.6 Å². The van der Waals surface area contributed by atoms with E-state index in [1.807, 2.05) is 31.2 Å². The Kier molecular flexibility index (Phi) is 5.07. The lowest BCUT2D eigenvalue weighted by molar-refractivity contribution is -0.274. The van der Waals surface area contributed by atoms with Crippen LogP contribution in [-0.4, -0.2) is 21.4 Å². The summed E-state index contributed by atoms with van der Waals surface area (Å²) in [5.74, 6) is -0.125. The normalized spacial score (nSPS) is 11.8. The van der Waals surface area contributed by atoms with Gasteiger partial charge in [0, 0.05) is 23.6 Å². The number of phenolic OH excluding ortho intramolecular Hbond substituents is 1. The number of fused-ring (bicyclic) bond motifs is 1. The first-order valence-corrected chi connectivity index (χ1v) is 9.40. The van der Waals surface area contributed by atoms with Crippen LogP contribution in [0.5, 0.6) is 11.5 Å². The minimum absolute atomic E-state index is 0.0160. The largest absolute Gasteiger partial charge is 0.573 e. The Hall–Kier alpha value is -3.19. The van der Waals surface area contributed by atoms with E-state index in [2.05, 4.69) is 14.7 Å². The molecule has 4 nitrogen and oxygen atoms in total. The van der Waals surface area contributed by atoms with Gasteiger partial charge < -0.3 is 14.8 Å². The summed E-state index contributed by atoms with van der Waals surface area (Å²) in [6, 6.07) is 14.8. The van der Waals surface area contributed by atoms with Gasteiger partial charge in [-0.25, -0.2) is 4.98 Å². The van der Waals surface area contributed by atoms with Crippen LogP contribution in [0.3, 0.4) is 0 Å². The van der Waals surface area contributed by atoms with Gasteiger partial charge in [-0.1, -0.05) is 59.6 Å². The van der Waals surface area contributed by atoms with E-state index in [-0.39, 0.29) is 21.9 Å². The monoisotopic (exact) mass is 432 g/mol. The number of halogens is 4. The van der Waals surface area contributed by atoms with Crippen molar-refractivity contribution >= 4 is 22.6 Å². The molecule has 4 aromatic rings. The molecule has 1 heterocycles. The predicted molar refractivity (Wildman–Crippen MR) is 109 cm³/mol.